The van der Waals surface area contributed by atoms with Crippen LogP contribution >= 0.6 is 0 Å². The van der Waals surface area contributed by atoms with Gasteiger partial charge in [-0.15, -0.1) is 0 Å². The molecule has 4 N–H and O–H groups in total. The Balaban J connectivity index is 3.14. The molecule has 0 aliphatic rings. The first-order chi connectivity index (χ1) is 3.70. The number of nitrogens with two attached hydrogens (primary N) is 2. The molecular weight excluding hydrogens is 111 g/mol. The van der Waals surface area contributed by atoms with Crippen LogP contribution in [0.25, 0.3) is 0 Å². The molecule has 0 radical (unpaired) electrons. The predicted molar refractivity (Wildman–Crippen MR) is 27.5 cm³/mol. The molecule has 1 aromatic heterocycles. The van der Waals surface area contributed by atoms with E-state index in [0.29, 0.717) is 0 Å². The van der Waals surface area contributed by atoms with Crippen molar-refractivity contribution in [1.82, 2.24) is 0 Å². The second-order valence-corrected chi connectivity index (χ2v) is 1.36. The van der Waals surface area contributed by atoms with Crippen molar-refractivity contribution in [2.24, 2.45) is 0 Å². The van der Waals surface area contributed by atoms with Gasteiger partial charge in [-0.05, 0) is 0 Å². The largest absolute Gasteiger partial charge is 0.423 e. The van der Waals surface area contributed by atoms with Gasteiger partial charge in [0.05, 0.1) is 0 Å². The molecule has 0 unspecified atom stereocenters. The molecule has 0 bridgehead atoms. The van der Waals surface area contributed by atoms with Crippen molar-refractivity contribution in [3.8, 4) is 0 Å². The average Bonchev–Trinajstić information content (AvgIpc) is 1.85. The quantitative estimate of drug-likeness (QED) is 0.521. The van der Waals surface area contributed by atoms with Crippen LogP contribution in [0.4, 0.5) is 16.2 Å². The Morgan fingerprint density at radius 2 is 2.12 bits per heavy atom. The second-order valence-electron chi connectivity index (χ2n) is 1.36. The van der Waals surface area contributed by atoms with E-state index in [1.165, 1.54) is 0 Å². The minimum absolute atomic E-state index is 0.000000000000000444. The van der Waals surface area contributed by atoms with Crippen molar-refractivity contribution >= 4 is 11.8 Å². The lowest BCUT2D eigenvalue weighted by Gasteiger charge is -1.78. The maximum absolute atomic E-state index is 12.0. The summed E-state index contributed by atoms with van der Waals surface area (Å²) < 4.78 is 16.4. The summed E-state index contributed by atoms with van der Waals surface area (Å²) in [6.45, 7) is 0. The Hall–Kier alpha value is -1.19. The van der Waals surface area contributed by atoms with Crippen LogP contribution in [0.2, 0.25) is 0 Å². The second kappa shape index (κ2) is 1.40. The maximum Gasteiger partial charge on any atom is 0.229 e. The summed E-state index contributed by atoms with van der Waals surface area (Å²) in [4.78, 5) is 0. The monoisotopic (exact) mass is 116 g/mol. The van der Waals surface area contributed by atoms with Gasteiger partial charge in [0.15, 0.2) is 11.7 Å². The smallest absolute Gasteiger partial charge is 0.229 e. The average molecular weight is 116 g/mol. The first-order valence-electron chi connectivity index (χ1n) is 2.00. The highest BCUT2D eigenvalue weighted by molar-refractivity contribution is 5.37. The van der Waals surface area contributed by atoms with Crippen molar-refractivity contribution in [3.05, 3.63) is 11.9 Å². The van der Waals surface area contributed by atoms with Gasteiger partial charge < -0.3 is 15.9 Å². The number of nitrogen functional groups attached to an aromatic ring is 2. The van der Waals surface area contributed by atoms with E-state index in [4.69, 9.17) is 11.5 Å². The summed E-state index contributed by atoms with van der Waals surface area (Å²) >= 11 is 0. The zero-order valence-corrected chi connectivity index (χ0v) is 4.02. The molecule has 0 aliphatic carbocycles. The van der Waals surface area contributed by atoms with Crippen LogP contribution in [-0.4, -0.2) is 0 Å². The van der Waals surface area contributed by atoms with Crippen LogP contribution in [-0.2, 0) is 0 Å². The summed E-state index contributed by atoms with van der Waals surface area (Å²) in [5.41, 5.74) is 9.91. The normalized spacial score (nSPS) is 9.62. The molecule has 0 fully saturated rings. The summed E-state index contributed by atoms with van der Waals surface area (Å²) in [5, 5.41) is 0. The van der Waals surface area contributed by atoms with Gasteiger partial charge in [0.1, 0.15) is 0 Å². The van der Waals surface area contributed by atoms with Gasteiger partial charge in [-0.25, -0.2) is 4.39 Å². The third-order valence-electron chi connectivity index (χ3n) is 0.732. The van der Waals surface area contributed by atoms with Gasteiger partial charge in [0.25, 0.3) is 0 Å². The predicted octanol–water partition coefficient (Wildman–Crippen LogP) is 0.583. The van der Waals surface area contributed by atoms with E-state index in [1.54, 1.807) is 0 Å². The molecule has 1 rings (SSSR count). The molecule has 1 heterocycles. The third-order valence-corrected chi connectivity index (χ3v) is 0.732. The molecule has 0 saturated heterocycles. The Morgan fingerprint density at radius 1 is 1.50 bits per heavy atom. The Morgan fingerprint density at radius 3 is 2.25 bits per heavy atom. The number of anilines is 2. The summed E-state index contributed by atoms with van der Waals surface area (Å²) in [6.07, 6.45) is 0. The Labute approximate surface area is 45.1 Å². The van der Waals surface area contributed by atoms with Gasteiger partial charge in [0.2, 0.25) is 5.88 Å². The number of hydrogen-bond donors (Lipinski definition) is 2. The molecule has 1 aromatic rings. The van der Waals surface area contributed by atoms with Crippen molar-refractivity contribution in [1.29, 1.82) is 0 Å². The molecule has 0 spiro atoms. The Kier molecular flexibility index (Phi) is 0.865. The Bertz CT molecular complexity index is 176. The van der Waals surface area contributed by atoms with Crippen molar-refractivity contribution in [2.45, 2.75) is 0 Å². The number of rotatable bonds is 0. The minimum atomic E-state index is -0.609. The fourth-order valence-electron chi connectivity index (χ4n) is 0.401. The fraction of sp³-hybridized carbons (Fsp3) is 0. The SMILES string of the molecule is Nc1cc(F)c(N)o1. The summed E-state index contributed by atoms with van der Waals surface area (Å²) in [5.74, 6) is -0.870. The van der Waals surface area contributed by atoms with E-state index in [2.05, 4.69) is 4.42 Å². The zero-order valence-electron chi connectivity index (χ0n) is 4.02. The lowest BCUT2D eigenvalue weighted by atomic mass is 10.6. The van der Waals surface area contributed by atoms with E-state index >= 15 is 0 Å². The van der Waals surface area contributed by atoms with Crippen LogP contribution in [0, 0.1) is 5.82 Å². The van der Waals surface area contributed by atoms with Crippen LogP contribution in [0.15, 0.2) is 10.5 Å². The first-order valence-corrected chi connectivity index (χ1v) is 2.00. The molecule has 44 valence electrons. The lowest BCUT2D eigenvalue weighted by Crippen LogP contribution is -1.81. The molecule has 0 aliphatic heterocycles. The van der Waals surface area contributed by atoms with Crippen LogP contribution < -0.4 is 11.5 Å². The van der Waals surface area contributed by atoms with Gasteiger partial charge in [-0.2, -0.15) is 0 Å². The molecule has 0 aromatic carbocycles. The van der Waals surface area contributed by atoms with E-state index < -0.39 is 5.82 Å². The van der Waals surface area contributed by atoms with Crippen molar-refractivity contribution in [3.63, 3.8) is 0 Å². The van der Waals surface area contributed by atoms with Crippen LogP contribution in [0.1, 0.15) is 0 Å². The van der Waals surface area contributed by atoms with E-state index in [1.807, 2.05) is 0 Å². The molecule has 0 saturated carbocycles. The maximum atomic E-state index is 12.0. The van der Waals surface area contributed by atoms with Gasteiger partial charge >= 0.3 is 0 Å². The molecule has 0 atom stereocenters. The van der Waals surface area contributed by atoms with Crippen molar-refractivity contribution < 1.29 is 8.81 Å². The van der Waals surface area contributed by atoms with Crippen molar-refractivity contribution in [2.75, 3.05) is 11.5 Å². The minimum Gasteiger partial charge on any atom is -0.423 e. The third kappa shape index (κ3) is 0.598. The van der Waals surface area contributed by atoms with Crippen LogP contribution in [0.5, 0.6) is 0 Å². The van der Waals surface area contributed by atoms with Gasteiger partial charge in [-0.1, -0.05) is 0 Å². The highest BCUT2D eigenvalue weighted by Crippen LogP contribution is 2.15. The lowest BCUT2D eigenvalue weighted by molar-refractivity contribution is 0.566. The molecular formula is C4H5FN2O. The first kappa shape index (κ1) is 4.96. The van der Waals surface area contributed by atoms with Gasteiger partial charge in [-0.3, -0.25) is 0 Å². The molecule has 4 heteroatoms. The number of halogens is 1. The van der Waals surface area contributed by atoms with Crippen LogP contribution in [0.3, 0.4) is 0 Å². The number of hydrogen-bond acceptors (Lipinski definition) is 3. The van der Waals surface area contributed by atoms with E-state index in [9.17, 15) is 4.39 Å². The zero-order chi connectivity index (χ0) is 6.15. The molecule has 3 nitrogen and oxygen atoms in total. The number of furan rings is 1. The molecule has 0 amide bonds. The fourth-order valence-corrected chi connectivity index (χ4v) is 0.401. The standard InChI is InChI=1S/C4H5FN2O/c5-2-1-3(6)8-4(2)7/h1H,6-7H2. The molecule has 8 heavy (non-hydrogen) atoms. The highest BCUT2D eigenvalue weighted by atomic mass is 19.1. The summed E-state index contributed by atoms with van der Waals surface area (Å²) in [7, 11) is 0. The van der Waals surface area contributed by atoms with Gasteiger partial charge in [0, 0.05) is 6.07 Å². The summed E-state index contributed by atoms with van der Waals surface area (Å²) in [6, 6.07) is 1.02. The van der Waals surface area contributed by atoms with E-state index in [0.717, 1.165) is 6.07 Å². The highest BCUT2D eigenvalue weighted by Gasteiger charge is 2.01. The van der Waals surface area contributed by atoms with E-state index in [-0.39, 0.29) is 11.8 Å². The topological polar surface area (TPSA) is 65.2 Å².